The lowest BCUT2D eigenvalue weighted by Crippen LogP contribution is -2.13. The SMILES string of the molecule is COc1ccc(Nc2cnc(N(C)c3ccc(C4CCCCC4)cc3)nc2)c(C(=O)O)c1. The first-order valence-corrected chi connectivity index (χ1v) is 10.9. The molecule has 1 heterocycles. The van der Waals surface area contributed by atoms with Crippen molar-refractivity contribution in [2.45, 2.75) is 38.0 Å². The van der Waals surface area contributed by atoms with Crippen LogP contribution in [0.1, 0.15) is 53.9 Å². The van der Waals surface area contributed by atoms with Crippen LogP contribution in [-0.2, 0) is 0 Å². The lowest BCUT2D eigenvalue weighted by Gasteiger charge is -2.23. The fourth-order valence-electron chi connectivity index (χ4n) is 4.17. The molecule has 7 nitrogen and oxygen atoms in total. The molecule has 1 aromatic heterocycles. The van der Waals surface area contributed by atoms with Crippen molar-refractivity contribution in [2.24, 2.45) is 0 Å². The van der Waals surface area contributed by atoms with Crippen molar-refractivity contribution in [1.82, 2.24) is 9.97 Å². The number of ether oxygens (including phenoxy) is 1. The second-order valence-electron chi connectivity index (χ2n) is 8.10. The van der Waals surface area contributed by atoms with Gasteiger partial charge in [-0.25, -0.2) is 14.8 Å². The van der Waals surface area contributed by atoms with E-state index in [0.717, 1.165) is 5.69 Å². The molecule has 0 spiro atoms. The number of rotatable bonds is 7. The number of methoxy groups -OCH3 is 1. The summed E-state index contributed by atoms with van der Waals surface area (Å²) in [6, 6.07) is 13.5. The zero-order valence-electron chi connectivity index (χ0n) is 18.4. The number of carbonyl (C=O) groups is 1. The summed E-state index contributed by atoms with van der Waals surface area (Å²) < 4.78 is 5.11. The summed E-state index contributed by atoms with van der Waals surface area (Å²) >= 11 is 0. The van der Waals surface area contributed by atoms with Crippen LogP contribution in [0.2, 0.25) is 0 Å². The van der Waals surface area contributed by atoms with E-state index in [-0.39, 0.29) is 5.56 Å². The number of carboxylic acids is 1. The normalized spacial score (nSPS) is 14.1. The smallest absolute Gasteiger partial charge is 0.337 e. The van der Waals surface area contributed by atoms with Crippen LogP contribution in [0.25, 0.3) is 0 Å². The fourth-order valence-corrected chi connectivity index (χ4v) is 4.17. The van der Waals surface area contributed by atoms with Gasteiger partial charge in [-0.3, -0.25) is 0 Å². The molecule has 166 valence electrons. The van der Waals surface area contributed by atoms with E-state index in [2.05, 4.69) is 39.6 Å². The van der Waals surface area contributed by atoms with Gasteiger partial charge in [0, 0.05) is 12.7 Å². The molecule has 2 N–H and O–H groups in total. The summed E-state index contributed by atoms with van der Waals surface area (Å²) in [4.78, 5) is 22.4. The van der Waals surface area contributed by atoms with E-state index < -0.39 is 5.97 Å². The maximum atomic E-state index is 11.6. The minimum Gasteiger partial charge on any atom is -0.497 e. The van der Waals surface area contributed by atoms with E-state index in [0.29, 0.717) is 29.0 Å². The molecular weight excluding hydrogens is 404 g/mol. The Balaban J connectivity index is 1.46. The highest BCUT2D eigenvalue weighted by atomic mass is 16.5. The second-order valence-corrected chi connectivity index (χ2v) is 8.10. The third-order valence-electron chi connectivity index (χ3n) is 6.03. The van der Waals surface area contributed by atoms with Crippen LogP contribution in [0.4, 0.5) is 23.0 Å². The quantitative estimate of drug-likeness (QED) is 0.492. The maximum Gasteiger partial charge on any atom is 0.337 e. The zero-order chi connectivity index (χ0) is 22.5. The highest BCUT2D eigenvalue weighted by Gasteiger charge is 2.16. The van der Waals surface area contributed by atoms with Gasteiger partial charge in [0.2, 0.25) is 5.95 Å². The third-order valence-corrected chi connectivity index (χ3v) is 6.03. The maximum absolute atomic E-state index is 11.6. The molecule has 32 heavy (non-hydrogen) atoms. The Bertz CT molecular complexity index is 1060. The number of carboxylic acid groups (broad SMARTS) is 1. The Morgan fingerprint density at radius 1 is 1.06 bits per heavy atom. The number of nitrogens with zero attached hydrogens (tertiary/aromatic N) is 3. The highest BCUT2D eigenvalue weighted by Crippen LogP contribution is 2.34. The Morgan fingerprint density at radius 2 is 1.75 bits per heavy atom. The van der Waals surface area contributed by atoms with Crippen LogP contribution in [-0.4, -0.2) is 35.2 Å². The molecular formula is C25H28N4O3. The van der Waals surface area contributed by atoms with Crippen LogP contribution in [0, 0.1) is 0 Å². The van der Waals surface area contributed by atoms with E-state index in [1.54, 1.807) is 24.5 Å². The van der Waals surface area contributed by atoms with Gasteiger partial charge in [0.25, 0.3) is 0 Å². The number of benzene rings is 2. The molecule has 2 aromatic carbocycles. The summed E-state index contributed by atoms with van der Waals surface area (Å²) in [6.45, 7) is 0. The molecule has 0 radical (unpaired) electrons. The van der Waals surface area contributed by atoms with E-state index in [1.165, 1.54) is 50.8 Å². The average molecular weight is 433 g/mol. The summed E-state index contributed by atoms with van der Waals surface area (Å²) in [6.07, 6.45) is 9.86. The molecule has 0 saturated heterocycles. The Kier molecular flexibility index (Phi) is 6.54. The van der Waals surface area contributed by atoms with Crippen molar-refractivity contribution in [1.29, 1.82) is 0 Å². The minimum absolute atomic E-state index is 0.114. The van der Waals surface area contributed by atoms with Gasteiger partial charge in [-0.2, -0.15) is 0 Å². The van der Waals surface area contributed by atoms with Crippen molar-refractivity contribution >= 4 is 29.0 Å². The lowest BCUT2D eigenvalue weighted by molar-refractivity contribution is 0.0697. The molecule has 4 rings (SSSR count). The number of anilines is 4. The van der Waals surface area contributed by atoms with Crippen molar-refractivity contribution < 1.29 is 14.6 Å². The molecule has 0 amide bonds. The average Bonchev–Trinajstić information content (AvgIpc) is 2.85. The molecule has 1 aliphatic rings. The van der Waals surface area contributed by atoms with Gasteiger partial charge in [-0.15, -0.1) is 0 Å². The predicted molar refractivity (Wildman–Crippen MR) is 126 cm³/mol. The van der Waals surface area contributed by atoms with E-state index in [9.17, 15) is 9.90 Å². The lowest BCUT2D eigenvalue weighted by atomic mass is 9.84. The van der Waals surface area contributed by atoms with E-state index >= 15 is 0 Å². The molecule has 0 unspecified atom stereocenters. The molecule has 0 aliphatic heterocycles. The summed E-state index contributed by atoms with van der Waals surface area (Å²) in [5.74, 6) is 0.684. The van der Waals surface area contributed by atoms with Crippen molar-refractivity contribution in [3.63, 3.8) is 0 Å². The predicted octanol–water partition coefficient (Wildman–Crippen LogP) is 5.74. The molecule has 1 saturated carbocycles. The van der Waals surface area contributed by atoms with Crippen LogP contribution in [0.5, 0.6) is 5.75 Å². The van der Waals surface area contributed by atoms with E-state index in [4.69, 9.17) is 4.74 Å². The van der Waals surface area contributed by atoms with Crippen LogP contribution < -0.4 is 15.0 Å². The summed E-state index contributed by atoms with van der Waals surface area (Å²) in [5.41, 5.74) is 3.59. The van der Waals surface area contributed by atoms with Gasteiger partial charge < -0.3 is 20.1 Å². The fraction of sp³-hybridized carbons (Fsp3) is 0.320. The largest absolute Gasteiger partial charge is 0.497 e. The number of hydrogen-bond donors (Lipinski definition) is 2. The summed E-state index contributed by atoms with van der Waals surface area (Å²) in [7, 11) is 3.44. The van der Waals surface area contributed by atoms with Crippen LogP contribution >= 0.6 is 0 Å². The van der Waals surface area contributed by atoms with E-state index in [1.807, 2.05) is 11.9 Å². The highest BCUT2D eigenvalue weighted by molar-refractivity contribution is 5.95. The van der Waals surface area contributed by atoms with Crippen LogP contribution in [0.15, 0.2) is 54.9 Å². The van der Waals surface area contributed by atoms with Crippen molar-refractivity contribution in [3.8, 4) is 5.75 Å². The van der Waals surface area contributed by atoms with Crippen molar-refractivity contribution in [2.75, 3.05) is 24.4 Å². The second kappa shape index (κ2) is 9.68. The van der Waals surface area contributed by atoms with Gasteiger partial charge in [0.1, 0.15) is 5.75 Å². The first-order valence-electron chi connectivity index (χ1n) is 10.9. The summed E-state index contributed by atoms with van der Waals surface area (Å²) in [5, 5.41) is 12.6. The number of hydrogen-bond acceptors (Lipinski definition) is 6. The molecule has 1 fully saturated rings. The molecule has 0 bridgehead atoms. The van der Waals surface area contributed by atoms with Crippen molar-refractivity contribution in [3.05, 3.63) is 66.0 Å². The standard InChI is InChI=1S/C25H28N4O3/c1-29(20-10-8-18(9-11-20)17-6-4-3-5-7-17)25-26-15-19(16-27-25)28-23-13-12-21(32-2)14-22(23)24(30)31/h8-17,28H,3-7H2,1-2H3,(H,30,31). The Hall–Kier alpha value is -3.61. The number of aromatic carboxylic acids is 1. The topological polar surface area (TPSA) is 87.6 Å². The van der Waals surface area contributed by atoms with Gasteiger partial charge in [0.05, 0.1) is 36.4 Å². The van der Waals surface area contributed by atoms with Gasteiger partial charge in [0.15, 0.2) is 0 Å². The minimum atomic E-state index is -1.04. The monoisotopic (exact) mass is 432 g/mol. The Labute approximate surface area is 188 Å². The van der Waals surface area contributed by atoms with Gasteiger partial charge in [-0.1, -0.05) is 31.4 Å². The zero-order valence-corrected chi connectivity index (χ0v) is 18.4. The molecule has 0 atom stereocenters. The first kappa shape index (κ1) is 21.6. The number of aromatic nitrogens is 2. The van der Waals surface area contributed by atoms with Gasteiger partial charge >= 0.3 is 5.97 Å². The Morgan fingerprint density at radius 3 is 2.38 bits per heavy atom. The van der Waals surface area contributed by atoms with Crippen LogP contribution in [0.3, 0.4) is 0 Å². The van der Waals surface area contributed by atoms with Gasteiger partial charge in [-0.05, 0) is 54.7 Å². The molecule has 3 aromatic rings. The number of nitrogens with one attached hydrogen (secondary N) is 1. The third kappa shape index (κ3) is 4.82. The first-order chi connectivity index (χ1) is 15.5. The molecule has 7 heteroatoms. The molecule has 1 aliphatic carbocycles.